The summed E-state index contributed by atoms with van der Waals surface area (Å²) < 4.78 is 10.7. The van der Waals surface area contributed by atoms with E-state index in [1.54, 1.807) is 35.7 Å². The predicted octanol–water partition coefficient (Wildman–Crippen LogP) is 1.15. The fraction of sp³-hybridized carbons (Fsp3) is 0.294. The molecule has 2 aromatic rings. The molecule has 1 saturated heterocycles. The molecule has 1 aliphatic carbocycles. The molecule has 1 aliphatic heterocycles. The molecular formula is C17H16N4O5S. The highest BCUT2D eigenvalue weighted by atomic mass is 32.1. The van der Waals surface area contributed by atoms with Gasteiger partial charge in [-0.3, -0.25) is 14.8 Å². The van der Waals surface area contributed by atoms with Crippen LogP contribution in [-0.2, 0) is 20.9 Å². The lowest BCUT2D eigenvalue weighted by molar-refractivity contribution is -0.143. The summed E-state index contributed by atoms with van der Waals surface area (Å²) in [5, 5.41) is 9.56. The van der Waals surface area contributed by atoms with Crippen LogP contribution in [0.5, 0.6) is 5.88 Å². The molecule has 3 heterocycles. The van der Waals surface area contributed by atoms with E-state index in [0.29, 0.717) is 23.0 Å². The second kappa shape index (κ2) is 7.06. The van der Waals surface area contributed by atoms with Crippen molar-refractivity contribution in [1.82, 2.24) is 20.3 Å². The predicted molar refractivity (Wildman–Crippen MR) is 95.0 cm³/mol. The molecule has 2 amide bonds. The van der Waals surface area contributed by atoms with Crippen LogP contribution in [0.4, 0.5) is 0 Å². The Balaban J connectivity index is 1.64. The number of thiazole rings is 1. The Morgan fingerprint density at radius 2 is 2.33 bits per heavy atom. The van der Waals surface area contributed by atoms with Gasteiger partial charge in [0.2, 0.25) is 5.88 Å². The molecule has 9 nitrogen and oxygen atoms in total. The third-order valence-electron chi connectivity index (χ3n) is 4.35. The first kappa shape index (κ1) is 17.6. The van der Waals surface area contributed by atoms with Crippen LogP contribution in [0.25, 0.3) is 10.3 Å². The Kier molecular flexibility index (Phi) is 4.60. The molecule has 0 radical (unpaired) electrons. The van der Waals surface area contributed by atoms with Crippen LogP contribution in [0, 0.1) is 0 Å². The number of amides is 2. The normalized spacial score (nSPS) is 19.4. The quantitative estimate of drug-likeness (QED) is 0.596. The van der Waals surface area contributed by atoms with E-state index < -0.39 is 5.91 Å². The maximum Gasteiger partial charge on any atom is 0.274 e. The maximum atomic E-state index is 12.4. The number of fused-ring (bicyclic) bond motifs is 2. The Morgan fingerprint density at radius 3 is 3.11 bits per heavy atom. The van der Waals surface area contributed by atoms with Gasteiger partial charge in [-0.15, -0.1) is 0 Å². The number of morpholine rings is 1. The molecule has 0 aromatic carbocycles. The van der Waals surface area contributed by atoms with E-state index in [0.717, 1.165) is 10.3 Å². The molecule has 10 heteroatoms. The van der Waals surface area contributed by atoms with Gasteiger partial charge in [-0.1, -0.05) is 17.4 Å². The zero-order valence-electron chi connectivity index (χ0n) is 14.3. The summed E-state index contributed by atoms with van der Waals surface area (Å²) in [4.78, 5) is 35.3. The lowest BCUT2D eigenvalue weighted by Crippen LogP contribution is -2.45. The Hall–Kier alpha value is -2.82. The van der Waals surface area contributed by atoms with Crippen LogP contribution in [0.3, 0.4) is 0 Å². The van der Waals surface area contributed by atoms with Crippen molar-refractivity contribution in [3.05, 3.63) is 40.6 Å². The van der Waals surface area contributed by atoms with Crippen LogP contribution >= 0.6 is 11.3 Å². The second-order valence-corrected chi connectivity index (χ2v) is 7.03. The van der Waals surface area contributed by atoms with Gasteiger partial charge in [0.05, 0.1) is 19.4 Å². The van der Waals surface area contributed by atoms with Crippen molar-refractivity contribution >= 4 is 33.5 Å². The molecule has 1 atom stereocenters. The molecule has 27 heavy (non-hydrogen) atoms. The number of aromatic nitrogens is 2. The van der Waals surface area contributed by atoms with E-state index in [1.807, 2.05) is 6.07 Å². The molecule has 2 aromatic heterocycles. The SMILES string of the molecule is COc1ccc2nc(CN3C(=O)COC4CC=C(C(=O)NO)C=C43)sc2n1. The van der Waals surface area contributed by atoms with Crippen molar-refractivity contribution in [3.8, 4) is 5.88 Å². The van der Waals surface area contributed by atoms with E-state index >= 15 is 0 Å². The Bertz CT molecular complexity index is 983. The molecule has 1 unspecified atom stereocenters. The molecule has 0 saturated carbocycles. The first-order valence-corrected chi connectivity index (χ1v) is 8.99. The summed E-state index contributed by atoms with van der Waals surface area (Å²) in [5.41, 5.74) is 3.20. The minimum absolute atomic E-state index is 0.0334. The van der Waals surface area contributed by atoms with Gasteiger partial charge in [0.25, 0.3) is 11.8 Å². The summed E-state index contributed by atoms with van der Waals surface area (Å²) in [6, 6.07) is 3.55. The standard InChI is InChI=1S/C17H16N4O5S/c1-25-13-5-3-10-17(19-13)27-14(18-10)7-21-11-6-9(16(23)20-24)2-4-12(11)26-8-15(21)22/h2-3,5-6,12,24H,4,7-8H2,1H3,(H,20,23). The molecule has 0 bridgehead atoms. The average Bonchev–Trinajstić information content (AvgIpc) is 3.10. The minimum Gasteiger partial charge on any atom is -0.481 e. The zero-order valence-corrected chi connectivity index (χ0v) is 15.2. The number of carbonyl (C=O) groups excluding carboxylic acids is 2. The van der Waals surface area contributed by atoms with Crippen LogP contribution in [0.15, 0.2) is 35.6 Å². The average molecular weight is 388 g/mol. The van der Waals surface area contributed by atoms with Crippen molar-refractivity contribution in [2.24, 2.45) is 0 Å². The van der Waals surface area contributed by atoms with Crippen LogP contribution in [-0.4, -0.2) is 51.7 Å². The first-order chi connectivity index (χ1) is 13.1. The molecule has 4 rings (SSSR count). The van der Waals surface area contributed by atoms with Gasteiger partial charge in [-0.25, -0.2) is 15.4 Å². The van der Waals surface area contributed by atoms with E-state index in [2.05, 4.69) is 9.97 Å². The highest BCUT2D eigenvalue weighted by Gasteiger charge is 2.34. The topological polar surface area (TPSA) is 114 Å². The number of ether oxygens (including phenoxy) is 2. The molecule has 1 fully saturated rings. The van der Waals surface area contributed by atoms with Crippen molar-refractivity contribution in [2.75, 3.05) is 13.7 Å². The highest BCUT2D eigenvalue weighted by molar-refractivity contribution is 7.18. The lowest BCUT2D eigenvalue weighted by Gasteiger charge is -2.36. The first-order valence-electron chi connectivity index (χ1n) is 8.17. The smallest absolute Gasteiger partial charge is 0.274 e. The molecular weight excluding hydrogens is 372 g/mol. The fourth-order valence-electron chi connectivity index (χ4n) is 3.03. The number of carbonyl (C=O) groups is 2. The number of methoxy groups -OCH3 is 1. The van der Waals surface area contributed by atoms with Gasteiger partial charge < -0.3 is 14.4 Å². The second-order valence-electron chi connectivity index (χ2n) is 5.97. The number of nitrogens with one attached hydrogen (secondary N) is 1. The number of hydrogen-bond donors (Lipinski definition) is 2. The maximum absolute atomic E-state index is 12.4. The fourth-order valence-corrected chi connectivity index (χ4v) is 3.94. The molecule has 140 valence electrons. The van der Waals surface area contributed by atoms with E-state index in [9.17, 15) is 9.59 Å². The van der Waals surface area contributed by atoms with Crippen molar-refractivity contribution in [3.63, 3.8) is 0 Å². The summed E-state index contributed by atoms with van der Waals surface area (Å²) in [6.07, 6.45) is 3.36. The van der Waals surface area contributed by atoms with Gasteiger partial charge in [-0.2, -0.15) is 0 Å². The van der Waals surface area contributed by atoms with Gasteiger partial charge >= 0.3 is 0 Å². The molecule has 2 aliphatic rings. The number of nitrogens with zero attached hydrogens (tertiary/aromatic N) is 3. The van der Waals surface area contributed by atoms with E-state index in [1.165, 1.54) is 11.3 Å². The van der Waals surface area contributed by atoms with Gasteiger partial charge in [0.15, 0.2) is 0 Å². The molecule has 0 spiro atoms. The summed E-state index contributed by atoms with van der Waals surface area (Å²) in [6.45, 7) is 0.218. The summed E-state index contributed by atoms with van der Waals surface area (Å²) >= 11 is 1.38. The van der Waals surface area contributed by atoms with E-state index in [-0.39, 0.29) is 30.7 Å². The summed E-state index contributed by atoms with van der Waals surface area (Å²) in [7, 11) is 1.55. The third kappa shape index (κ3) is 3.29. The monoisotopic (exact) mass is 388 g/mol. The highest BCUT2D eigenvalue weighted by Crippen LogP contribution is 2.31. The van der Waals surface area contributed by atoms with Crippen LogP contribution < -0.4 is 10.2 Å². The van der Waals surface area contributed by atoms with E-state index in [4.69, 9.17) is 14.7 Å². The Labute approximate surface area is 157 Å². The largest absolute Gasteiger partial charge is 0.481 e. The van der Waals surface area contributed by atoms with Crippen molar-refractivity contribution in [2.45, 2.75) is 19.1 Å². The molecule has 2 N–H and O–H groups in total. The number of rotatable bonds is 4. The van der Waals surface area contributed by atoms with Gasteiger partial charge in [0.1, 0.15) is 28.1 Å². The van der Waals surface area contributed by atoms with Gasteiger partial charge in [-0.05, 0) is 18.6 Å². The number of hydroxylamine groups is 1. The van der Waals surface area contributed by atoms with Crippen molar-refractivity contribution < 1.29 is 24.3 Å². The summed E-state index contributed by atoms with van der Waals surface area (Å²) in [5.74, 6) is -0.344. The zero-order chi connectivity index (χ0) is 19.0. The number of pyridine rings is 1. The minimum atomic E-state index is -0.629. The third-order valence-corrected chi connectivity index (χ3v) is 5.30. The lowest BCUT2D eigenvalue weighted by atomic mass is 9.98. The number of hydrogen-bond acceptors (Lipinski definition) is 8. The van der Waals surface area contributed by atoms with Crippen molar-refractivity contribution in [1.29, 1.82) is 0 Å². The van der Waals surface area contributed by atoms with Crippen LogP contribution in [0.2, 0.25) is 0 Å². The van der Waals surface area contributed by atoms with Crippen LogP contribution in [0.1, 0.15) is 11.4 Å². The van der Waals surface area contributed by atoms with Gasteiger partial charge in [0, 0.05) is 11.6 Å². The Morgan fingerprint density at radius 1 is 1.48 bits per heavy atom.